The van der Waals surface area contributed by atoms with E-state index in [1.165, 1.54) is 13.8 Å². The summed E-state index contributed by atoms with van der Waals surface area (Å²) in [6, 6.07) is 13.4. The standard InChI is InChI=1S/C45H52O20/c1-10-32(33-15-19-35(20-16-33)63-45-43(61-30(9)53)41(59-28(7)51)39(57-26(5)49)37(65-45)22-55-24(3)47)14-11-31-12-17-34(18-13-31)62-44-42(60-29(8)52)40(58-27(6)50)38(56-25(4)48)36(64-44)21-54-23(2)46/h10-20,32,36-45H,1,21-22H2,2-9H3/b14-11-/t32?,36-,37-,38-,39-,40+,41+,42-,43-,44-,45-/m1/s1. The van der Waals surface area contributed by atoms with E-state index in [-0.39, 0.29) is 17.4 Å². The zero-order chi connectivity index (χ0) is 48.0. The van der Waals surface area contributed by atoms with Gasteiger partial charge in [0.1, 0.15) is 36.9 Å². The zero-order valence-corrected chi connectivity index (χ0v) is 37.0. The van der Waals surface area contributed by atoms with Gasteiger partial charge in [-0.2, -0.15) is 0 Å². The third kappa shape index (κ3) is 15.5. The first-order chi connectivity index (χ1) is 30.7. The molecule has 352 valence electrons. The quantitative estimate of drug-likeness (QED) is 0.118. The van der Waals surface area contributed by atoms with Crippen molar-refractivity contribution in [1.82, 2.24) is 0 Å². The van der Waals surface area contributed by atoms with Crippen LogP contribution in [0.25, 0.3) is 6.08 Å². The van der Waals surface area contributed by atoms with Crippen molar-refractivity contribution in [3.63, 3.8) is 0 Å². The third-order valence-corrected chi connectivity index (χ3v) is 9.30. The summed E-state index contributed by atoms with van der Waals surface area (Å²) in [6.07, 6.45) is -8.12. The molecule has 2 fully saturated rings. The average Bonchev–Trinajstić information content (AvgIpc) is 3.21. The lowest BCUT2D eigenvalue weighted by Gasteiger charge is -2.43. The molecule has 20 heteroatoms. The molecule has 0 aromatic heterocycles. The maximum absolute atomic E-state index is 12.2. The highest BCUT2D eigenvalue weighted by Crippen LogP contribution is 2.34. The number of rotatable bonds is 18. The summed E-state index contributed by atoms with van der Waals surface area (Å²) in [5.41, 5.74) is 1.52. The number of ether oxygens (including phenoxy) is 12. The average molecular weight is 913 g/mol. The first-order valence-corrected chi connectivity index (χ1v) is 20.2. The Bertz CT molecular complexity index is 2060. The lowest BCUT2D eigenvalue weighted by Crippen LogP contribution is -2.63. The summed E-state index contributed by atoms with van der Waals surface area (Å²) in [6.45, 7) is 12.2. The third-order valence-electron chi connectivity index (χ3n) is 9.30. The van der Waals surface area contributed by atoms with Gasteiger partial charge in [0.2, 0.25) is 24.8 Å². The van der Waals surface area contributed by atoms with Gasteiger partial charge in [-0.3, -0.25) is 38.4 Å². The van der Waals surface area contributed by atoms with E-state index >= 15 is 0 Å². The summed E-state index contributed by atoms with van der Waals surface area (Å²) in [5, 5.41) is 0. The summed E-state index contributed by atoms with van der Waals surface area (Å²) >= 11 is 0. The molecule has 0 bridgehead atoms. The number of carbonyl (C=O) groups excluding carboxylic acids is 8. The highest BCUT2D eigenvalue weighted by molar-refractivity contribution is 5.70. The van der Waals surface area contributed by atoms with Gasteiger partial charge in [-0.15, -0.1) is 6.58 Å². The van der Waals surface area contributed by atoms with Crippen molar-refractivity contribution >= 4 is 53.8 Å². The Labute approximate surface area is 374 Å². The second kappa shape index (κ2) is 23.8. The van der Waals surface area contributed by atoms with E-state index in [1.54, 1.807) is 54.6 Å². The molecular weight excluding hydrogens is 860 g/mol. The minimum atomic E-state index is -1.42. The van der Waals surface area contributed by atoms with Gasteiger partial charge in [-0.05, 0) is 35.4 Å². The zero-order valence-electron chi connectivity index (χ0n) is 37.0. The number of allylic oxidation sites excluding steroid dienone is 2. The molecule has 2 aromatic rings. The van der Waals surface area contributed by atoms with E-state index in [0.29, 0.717) is 0 Å². The van der Waals surface area contributed by atoms with Crippen LogP contribution in [0.2, 0.25) is 0 Å². The van der Waals surface area contributed by atoms with Crippen molar-refractivity contribution in [3.05, 3.63) is 78.4 Å². The molecule has 0 aliphatic carbocycles. The highest BCUT2D eigenvalue weighted by Gasteiger charge is 2.55. The molecule has 1 unspecified atom stereocenters. The molecular formula is C45H52O20. The fourth-order valence-corrected chi connectivity index (χ4v) is 6.80. The minimum Gasteiger partial charge on any atom is -0.463 e. The van der Waals surface area contributed by atoms with Crippen molar-refractivity contribution in [1.29, 1.82) is 0 Å². The summed E-state index contributed by atoms with van der Waals surface area (Å²) in [7, 11) is 0. The van der Waals surface area contributed by atoms with Crippen LogP contribution in [0.5, 0.6) is 11.5 Å². The lowest BCUT2D eigenvalue weighted by atomic mass is 9.97. The van der Waals surface area contributed by atoms with Gasteiger partial charge in [0.25, 0.3) is 0 Å². The van der Waals surface area contributed by atoms with Gasteiger partial charge in [0.05, 0.1) is 0 Å². The Morgan fingerprint density at radius 1 is 0.492 bits per heavy atom. The normalized spacial score (nSPS) is 25.4. The molecule has 2 aliphatic rings. The van der Waals surface area contributed by atoms with Crippen LogP contribution in [0.3, 0.4) is 0 Å². The summed E-state index contributed by atoms with van der Waals surface area (Å²) in [5.74, 6) is -5.77. The summed E-state index contributed by atoms with van der Waals surface area (Å²) < 4.78 is 67.2. The van der Waals surface area contributed by atoms with Crippen molar-refractivity contribution in [2.24, 2.45) is 0 Å². The molecule has 0 radical (unpaired) electrons. The number of hydrogen-bond donors (Lipinski definition) is 0. The van der Waals surface area contributed by atoms with Crippen LogP contribution in [-0.2, 0) is 85.7 Å². The second-order valence-corrected chi connectivity index (χ2v) is 14.6. The monoisotopic (exact) mass is 912 g/mol. The number of esters is 8. The van der Waals surface area contributed by atoms with Crippen LogP contribution >= 0.6 is 0 Å². The van der Waals surface area contributed by atoms with E-state index < -0.39 is 122 Å². The number of carbonyl (C=O) groups is 8. The number of hydrogen-bond acceptors (Lipinski definition) is 20. The minimum absolute atomic E-state index is 0.244. The highest BCUT2D eigenvalue weighted by atomic mass is 16.7. The van der Waals surface area contributed by atoms with Gasteiger partial charge >= 0.3 is 47.8 Å². The maximum atomic E-state index is 12.2. The first-order valence-electron chi connectivity index (χ1n) is 20.2. The van der Waals surface area contributed by atoms with E-state index in [4.69, 9.17) is 56.8 Å². The van der Waals surface area contributed by atoms with E-state index in [1.807, 2.05) is 12.2 Å². The molecule has 2 aromatic carbocycles. The van der Waals surface area contributed by atoms with E-state index in [0.717, 1.165) is 52.7 Å². The smallest absolute Gasteiger partial charge is 0.303 e. The van der Waals surface area contributed by atoms with Gasteiger partial charge < -0.3 is 56.8 Å². The molecule has 0 spiro atoms. The van der Waals surface area contributed by atoms with Gasteiger partial charge in [-0.1, -0.05) is 42.5 Å². The SMILES string of the molecule is C=CC(/C=C\c1ccc(O[C@@H]2O[C@H](COC(C)=O)[C@@H](OC(C)=O)[C@H](OC(C)=O)[C@H]2OC(C)=O)cc1)c1ccc(O[C@@H]2O[C@H](COC(C)=O)[C@@H](OC(C)=O)[C@H](OC(C)=O)[C@H]2OC(C)=O)cc1. The Hall–Kier alpha value is -6.80. The lowest BCUT2D eigenvalue weighted by molar-refractivity contribution is -0.288. The van der Waals surface area contributed by atoms with Crippen molar-refractivity contribution in [2.45, 2.75) is 123 Å². The molecule has 4 rings (SSSR count). The second-order valence-electron chi connectivity index (χ2n) is 14.6. The predicted molar refractivity (Wildman–Crippen MR) is 220 cm³/mol. The van der Waals surface area contributed by atoms with Crippen molar-refractivity contribution in [2.75, 3.05) is 13.2 Å². The predicted octanol–water partition coefficient (Wildman–Crippen LogP) is 3.59. The van der Waals surface area contributed by atoms with Crippen molar-refractivity contribution in [3.8, 4) is 11.5 Å². The van der Waals surface area contributed by atoms with Crippen molar-refractivity contribution < 1.29 is 95.2 Å². The van der Waals surface area contributed by atoms with Gasteiger partial charge in [0, 0.05) is 61.3 Å². The van der Waals surface area contributed by atoms with Crippen LogP contribution < -0.4 is 9.47 Å². The van der Waals surface area contributed by atoms with E-state index in [9.17, 15) is 38.4 Å². The van der Waals surface area contributed by atoms with Crippen LogP contribution in [0.1, 0.15) is 72.4 Å². The molecule has 2 saturated heterocycles. The maximum Gasteiger partial charge on any atom is 0.303 e. The van der Waals surface area contributed by atoms with Gasteiger partial charge in [-0.25, -0.2) is 0 Å². The Kier molecular flexibility index (Phi) is 18.6. The molecule has 20 nitrogen and oxygen atoms in total. The largest absolute Gasteiger partial charge is 0.463 e. The van der Waals surface area contributed by atoms with E-state index in [2.05, 4.69) is 6.58 Å². The number of benzene rings is 2. The molecule has 0 saturated carbocycles. The Morgan fingerprint density at radius 2 is 0.831 bits per heavy atom. The van der Waals surface area contributed by atoms with Gasteiger partial charge in [0.15, 0.2) is 24.4 Å². The Morgan fingerprint density at radius 3 is 1.17 bits per heavy atom. The molecule has 2 aliphatic heterocycles. The fraction of sp³-hybridized carbons (Fsp3) is 0.467. The molecule has 65 heavy (non-hydrogen) atoms. The fourth-order valence-electron chi connectivity index (χ4n) is 6.80. The topological polar surface area (TPSA) is 247 Å². The van der Waals surface area contributed by atoms with Crippen LogP contribution in [0, 0.1) is 0 Å². The van der Waals surface area contributed by atoms with Crippen LogP contribution in [-0.4, -0.2) is 122 Å². The summed E-state index contributed by atoms with van der Waals surface area (Å²) in [4.78, 5) is 96.2. The molecule has 11 atom stereocenters. The molecule has 2 heterocycles. The Balaban J connectivity index is 1.52. The van der Waals surface area contributed by atoms with Crippen LogP contribution in [0.4, 0.5) is 0 Å². The molecule has 0 N–H and O–H groups in total. The van der Waals surface area contributed by atoms with Crippen LogP contribution in [0.15, 0.2) is 67.3 Å². The molecule has 0 amide bonds. The first kappa shape index (κ1) is 50.8.